The predicted octanol–water partition coefficient (Wildman–Crippen LogP) is 0.783. The highest BCUT2D eigenvalue weighted by molar-refractivity contribution is 7.89. The zero-order chi connectivity index (χ0) is 15.5. The number of pyridine rings is 1. The topological polar surface area (TPSA) is 105 Å². The molecule has 0 aliphatic rings. The van der Waals surface area contributed by atoms with E-state index in [0.717, 1.165) is 5.56 Å². The molecule has 2 heterocycles. The van der Waals surface area contributed by atoms with Gasteiger partial charge in [-0.3, -0.25) is 10.1 Å². The highest BCUT2D eigenvalue weighted by atomic mass is 32.2. The number of H-pyrrole nitrogens is 1. The van der Waals surface area contributed by atoms with Gasteiger partial charge in [0.15, 0.2) is 5.03 Å². The molecule has 8 heteroatoms. The summed E-state index contributed by atoms with van der Waals surface area (Å²) in [5, 5.41) is 6.63. The molecule has 3 N–H and O–H groups in total. The Bertz CT molecular complexity index is 697. The third kappa shape index (κ3) is 3.12. The van der Waals surface area contributed by atoms with E-state index in [1.807, 2.05) is 0 Å². The van der Waals surface area contributed by atoms with E-state index in [1.54, 1.807) is 38.4 Å². The van der Waals surface area contributed by atoms with Gasteiger partial charge in [0.2, 0.25) is 0 Å². The van der Waals surface area contributed by atoms with Gasteiger partial charge in [-0.05, 0) is 24.6 Å². The Morgan fingerprint density at radius 3 is 2.57 bits per heavy atom. The first-order chi connectivity index (χ1) is 10.0. The van der Waals surface area contributed by atoms with Gasteiger partial charge in [0.05, 0.1) is 0 Å². The van der Waals surface area contributed by atoms with Crippen molar-refractivity contribution >= 4 is 10.0 Å². The Hall–Kier alpha value is -1.77. The second-order valence-corrected chi connectivity index (χ2v) is 6.48. The number of nitrogens with two attached hydrogens (primary N) is 1. The number of hydrogen-bond acceptors (Lipinski definition) is 5. The number of nitrogens with one attached hydrogen (secondary N) is 1. The summed E-state index contributed by atoms with van der Waals surface area (Å²) in [6, 6.07) is 3.58. The molecule has 0 saturated heterocycles. The Morgan fingerprint density at radius 1 is 1.33 bits per heavy atom. The standard InChI is InChI=1S/C13H19N5O2S/c1-3-18(9-11-4-6-15-7-5-11)21(19,20)13-12(8-14)10(2)16-17-13/h4-7H,3,8-9,14H2,1-2H3,(H,16,17). The van der Waals surface area contributed by atoms with Crippen LogP contribution < -0.4 is 5.73 Å². The SMILES string of the molecule is CCN(Cc1ccncc1)S(=O)(=O)c1n[nH]c(C)c1CN. The highest BCUT2D eigenvalue weighted by Gasteiger charge is 2.29. The van der Waals surface area contributed by atoms with Gasteiger partial charge in [-0.1, -0.05) is 6.92 Å². The quantitative estimate of drug-likeness (QED) is 0.820. The Balaban J connectivity index is 2.36. The molecular formula is C13H19N5O2S. The van der Waals surface area contributed by atoms with E-state index in [9.17, 15) is 8.42 Å². The van der Waals surface area contributed by atoms with Crippen LogP contribution in [0.1, 0.15) is 23.7 Å². The first-order valence-electron chi connectivity index (χ1n) is 6.63. The molecule has 0 atom stereocenters. The maximum atomic E-state index is 12.7. The second kappa shape index (κ2) is 6.33. The molecule has 0 aliphatic heterocycles. The van der Waals surface area contributed by atoms with Gasteiger partial charge >= 0.3 is 0 Å². The molecule has 2 rings (SSSR count). The molecule has 0 fully saturated rings. The lowest BCUT2D eigenvalue weighted by Gasteiger charge is -2.19. The maximum Gasteiger partial charge on any atom is 0.263 e. The van der Waals surface area contributed by atoms with Crippen LogP contribution in [-0.4, -0.2) is 34.4 Å². The van der Waals surface area contributed by atoms with Gasteiger partial charge in [-0.25, -0.2) is 8.42 Å². The number of aryl methyl sites for hydroxylation is 1. The molecular weight excluding hydrogens is 290 g/mol. The zero-order valence-electron chi connectivity index (χ0n) is 12.1. The molecule has 0 saturated carbocycles. The summed E-state index contributed by atoms with van der Waals surface area (Å²) in [5.74, 6) is 0. The lowest BCUT2D eigenvalue weighted by molar-refractivity contribution is 0.420. The number of rotatable bonds is 6. The van der Waals surface area contributed by atoms with Crippen molar-refractivity contribution in [3.8, 4) is 0 Å². The average Bonchev–Trinajstić information content (AvgIpc) is 2.87. The number of aromatic nitrogens is 3. The number of sulfonamides is 1. The van der Waals surface area contributed by atoms with Crippen LogP contribution in [0.2, 0.25) is 0 Å². The van der Waals surface area contributed by atoms with Crippen molar-refractivity contribution in [2.75, 3.05) is 6.54 Å². The summed E-state index contributed by atoms with van der Waals surface area (Å²) in [7, 11) is -3.68. The fourth-order valence-corrected chi connectivity index (χ4v) is 3.68. The minimum Gasteiger partial charge on any atom is -0.326 e. The van der Waals surface area contributed by atoms with E-state index in [0.29, 0.717) is 17.8 Å². The third-order valence-corrected chi connectivity index (χ3v) is 5.18. The zero-order valence-corrected chi connectivity index (χ0v) is 12.9. The van der Waals surface area contributed by atoms with Crippen molar-refractivity contribution in [1.82, 2.24) is 19.5 Å². The molecule has 0 radical (unpaired) electrons. The average molecular weight is 309 g/mol. The smallest absolute Gasteiger partial charge is 0.263 e. The van der Waals surface area contributed by atoms with Crippen LogP contribution in [0.5, 0.6) is 0 Å². The maximum absolute atomic E-state index is 12.7. The highest BCUT2D eigenvalue weighted by Crippen LogP contribution is 2.21. The second-order valence-electron chi connectivity index (χ2n) is 4.62. The van der Waals surface area contributed by atoms with Crippen molar-refractivity contribution in [3.05, 3.63) is 41.3 Å². The van der Waals surface area contributed by atoms with Gasteiger partial charge in [0.25, 0.3) is 10.0 Å². The van der Waals surface area contributed by atoms with Crippen molar-refractivity contribution < 1.29 is 8.42 Å². The van der Waals surface area contributed by atoms with E-state index in [-0.39, 0.29) is 18.1 Å². The molecule has 0 amide bonds. The number of aromatic amines is 1. The van der Waals surface area contributed by atoms with Crippen LogP contribution >= 0.6 is 0 Å². The van der Waals surface area contributed by atoms with Gasteiger partial charge in [0, 0.05) is 43.3 Å². The first kappa shape index (κ1) is 15.6. The lowest BCUT2D eigenvalue weighted by atomic mass is 10.3. The van der Waals surface area contributed by atoms with E-state index in [2.05, 4.69) is 15.2 Å². The molecule has 7 nitrogen and oxygen atoms in total. The number of nitrogens with zero attached hydrogens (tertiary/aromatic N) is 3. The van der Waals surface area contributed by atoms with Crippen LogP contribution in [0.25, 0.3) is 0 Å². The van der Waals surface area contributed by atoms with Gasteiger partial charge in [-0.15, -0.1) is 0 Å². The van der Waals surface area contributed by atoms with Crippen molar-refractivity contribution in [2.45, 2.75) is 32.0 Å². The van der Waals surface area contributed by atoms with Gasteiger partial charge in [0.1, 0.15) is 0 Å². The molecule has 2 aromatic heterocycles. The van der Waals surface area contributed by atoms with Gasteiger partial charge in [-0.2, -0.15) is 9.40 Å². The molecule has 0 aliphatic carbocycles. The Kier molecular flexibility index (Phi) is 4.71. The minimum absolute atomic E-state index is 0.0124. The molecule has 0 aromatic carbocycles. The molecule has 0 unspecified atom stereocenters. The van der Waals surface area contributed by atoms with Crippen molar-refractivity contribution in [2.24, 2.45) is 5.73 Å². The molecule has 114 valence electrons. The monoisotopic (exact) mass is 309 g/mol. The minimum atomic E-state index is -3.68. The third-order valence-electron chi connectivity index (χ3n) is 3.29. The van der Waals surface area contributed by atoms with E-state index < -0.39 is 10.0 Å². The van der Waals surface area contributed by atoms with Crippen LogP contribution in [-0.2, 0) is 23.1 Å². The Labute approximate surface area is 124 Å². The summed E-state index contributed by atoms with van der Waals surface area (Å²) in [6.45, 7) is 4.30. The Morgan fingerprint density at radius 2 is 2.00 bits per heavy atom. The molecule has 21 heavy (non-hydrogen) atoms. The predicted molar refractivity (Wildman–Crippen MR) is 78.7 cm³/mol. The van der Waals surface area contributed by atoms with Crippen LogP contribution in [0.15, 0.2) is 29.6 Å². The van der Waals surface area contributed by atoms with Crippen molar-refractivity contribution in [3.63, 3.8) is 0 Å². The van der Waals surface area contributed by atoms with Crippen LogP contribution in [0.3, 0.4) is 0 Å². The van der Waals surface area contributed by atoms with Crippen LogP contribution in [0.4, 0.5) is 0 Å². The lowest BCUT2D eigenvalue weighted by Crippen LogP contribution is -2.31. The fourth-order valence-electron chi connectivity index (χ4n) is 2.06. The number of hydrogen-bond donors (Lipinski definition) is 2. The van der Waals surface area contributed by atoms with Crippen molar-refractivity contribution in [1.29, 1.82) is 0 Å². The summed E-state index contributed by atoms with van der Waals surface area (Å²) in [5.41, 5.74) is 7.72. The summed E-state index contributed by atoms with van der Waals surface area (Å²) in [6.07, 6.45) is 3.28. The molecule has 0 bridgehead atoms. The van der Waals surface area contributed by atoms with Crippen LogP contribution in [0, 0.1) is 6.92 Å². The summed E-state index contributed by atoms with van der Waals surface area (Å²) < 4.78 is 26.8. The van der Waals surface area contributed by atoms with E-state index in [4.69, 9.17) is 5.73 Å². The molecule has 0 spiro atoms. The first-order valence-corrected chi connectivity index (χ1v) is 8.07. The van der Waals surface area contributed by atoms with E-state index >= 15 is 0 Å². The fraction of sp³-hybridized carbons (Fsp3) is 0.385. The largest absolute Gasteiger partial charge is 0.326 e. The van der Waals surface area contributed by atoms with E-state index in [1.165, 1.54) is 4.31 Å². The summed E-state index contributed by atoms with van der Waals surface area (Å²) >= 11 is 0. The molecule has 2 aromatic rings. The summed E-state index contributed by atoms with van der Waals surface area (Å²) in [4.78, 5) is 3.93. The normalized spacial score (nSPS) is 12.0. The van der Waals surface area contributed by atoms with Gasteiger partial charge < -0.3 is 5.73 Å².